The van der Waals surface area contributed by atoms with Crippen molar-refractivity contribution in [2.45, 2.75) is 117 Å². The molecule has 0 atom stereocenters. The Morgan fingerprint density at radius 3 is 1.54 bits per heavy atom. The third-order valence-electron chi connectivity index (χ3n) is 6.38. The highest BCUT2D eigenvalue weighted by Crippen LogP contribution is 2.33. The normalized spacial score (nSPS) is 10.8. The molecule has 1 aromatic rings. The predicted molar refractivity (Wildman–Crippen MR) is 145 cm³/mol. The van der Waals surface area contributed by atoms with Gasteiger partial charge in [-0.15, -0.1) is 9.81 Å². The van der Waals surface area contributed by atoms with Crippen molar-refractivity contribution in [2.24, 2.45) is 10.6 Å². The quantitative estimate of drug-likeness (QED) is 0.0654. The molecule has 0 unspecified atom stereocenters. The van der Waals surface area contributed by atoms with Crippen molar-refractivity contribution in [1.82, 2.24) is 0 Å². The molecule has 198 valence electrons. The third-order valence-corrected chi connectivity index (χ3v) is 6.38. The summed E-state index contributed by atoms with van der Waals surface area (Å²) in [5.41, 5.74) is 0.342. The summed E-state index contributed by atoms with van der Waals surface area (Å²) in [6, 6.07) is 4.31. The number of benzene rings is 1. The van der Waals surface area contributed by atoms with Crippen LogP contribution in [-0.4, -0.2) is 18.0 Å². The number of anilines is 2. The van der Waals surface area contributed by atoms with E-state index in [-0.39, 0.29) is 11.4 Å². The zero-order valence-electron chi connectivity index (χ0n) is 21.8. The molecule has 0 radical (unpaired) electrons. The van der Waals surface area contributed by atoms with Gasteiger partial charge in [-0.05, 0) is 25.0 Å². The first-order valence-corrected chi connectivity index (χ1v) is 13.6. The van der Waals surface area contributed by atoms with Crippen molar-refractivity contribution >= 4 is 17.1 Å². The molecule has 1 rings (SSSR count). The standard InChI is InChI=1S/C26H45N5O4/c1-3-5-7-9-11-13-15-17-21-29(27-32)24-19-20-25(31(34)35)26(23-24)30(28-33)22-18-16-14-12-10-8-6-4-2/h19-20,23H,3-18,21-22H2,1-2H3. The molecule has 0 bridgehead atoms. The van der Waals surface area contributed by atoms with Crippen molar-refractivity contribution in [3.63, 3.8) is 0 Å². The second-order valence-corrected chi connectivity index (χ2v) is 9.29. The van der Waals surface area contributed by atoms with E-state index in [1.165, 1.54) is 81.0 Å². The van der Waals surface area contributed by atoms with Crippen LogP contribution in [0.5, 0.6) is 0 Å². The van der Waals surface area contributed by atoms with Gasteiger partial charge in [-0.2, -0.15) is 0 Å². The lowest BCUT2D eigenvalue weighted by Gasteiger charge is -2.19. The van der Waals surface area contributed by atoms with Crippen LogP contribution in [0.15, 0.2) is 28.8 Å². The van der Waals surface area contributed by atoms with Crippen LogP contribution >= 0.6 is 0 Å². The summed E-state index contributed by atoms with van der Waals surface area (Å²) in [5.74, 6) is 0. The van der Waals surface area contributed by atoms with Gasteiger partial charge in [0.2, 0.25) is 0 Å². The monoisotopic (exact) mass is 491 g/mol. The molecule has 0 saturated heterocycles. The van der Waals surface area contributed by atoms with Crippen LogP contribution in [-0.2, 0) is 0 Å². The SMILES string of the molecule is CCCCCCCCCCN(N=O)c1ccc([N+](=O)[O-])c(N(CCCCCCCCCC)N=O)c1. The lowest BCUT2D eigenvalue weighted by molar-refractivity contribution is -0.384. The number of hydrogen-bond acceptors (Lipinski definition) is 6. The summed E-state index contributed by atoms with van der Waals surface area (Å²) in [5, 5.41) is 20.2. The molecule has 0 aliphatic rings. The number of nitro benzene ring substituents is 1. The van der Waals surface area contributed by atoms with Crippen molar-refractivity contribution in [1.29, 1.82) is 0 Å². The summed E-state index contributed by atoms with van der Waals surface area (Å²) in [6.07, 6.45) is 17.9. The van der Waals surface area contributed by atoms with Gasteiger partial charge in [0.15, 0.2) is 0 Å². The molecule has 9 heteroatoms. The highest BCUT2D eigenvalue weighted by atomic mass is 16.6. The highest BCUT2D eigenvalue weighted by Gasteiger charge is 2.22. The summed E-state index contributed by atoms with van der Waals surface area (Å²) in [7, 11) is 0. The molecule has 0 aliphatic carbocycles. The van der Waals surface area contributed by atoms with Gasteiger partial charge in [-0.25, -0.2) is 10.0 Å². The number of nitro groups is 1. The topological polar surface area (TPSA) is 108 Å². The largest absolute Gasteiger partial charge is 0.294 e. The van der Waals surface area contributed by atoms with E-state index in [9.17, 15) is 19.9 Å². The lowest BCUT2D eigenvalue weighted by Crippen LogP contribution is -2.20. The van der Waals surface area contributed by atoms with Gasteiger partial charge in [0.25, 0.3) is 5.69 Å². The Kier molecular flexibility index (Phi) is 17.1. The zero-order chi connectivity index (χ0) is 25.7. The first-order chi connectivity index (χ1) is 17.1. The van der Waals surface area contributed by atoms with Crippen LogP contribution in [0.3, 0.4) is 0 Å². The van der Waals surface area contributed by atoms with Gasteiger partial charge in [-0.1, -0.05) is 104 Å². The van der Waals surface area contributed by atoms with Gasteiger partial charge in [-0.3, -0.25) is 10.1 Å². The van der Waals surface area contributed by atoms with Gasteiger partial charge in [0.05, 0.1) is 21.2 Å². The first kappa shape index (κ1) is 30.5. The molecule has 0 N–H and O–H groups in total. The molecule has 0 fully saturated rings. The number of rotatable bonds is 23. The Balaban J connectivity index is 2.66. The molecule has 0 heterocycles. The molecule has 0 aromatic heterocycles. The number of nitroso groups, excluding NO2 is 2. The van der Waals surface area contributed by atoms with Crippen LogP contribution in [0.2, 0.25) is 0 Å². The minimum atomic E-state index is -0.526. The summed E-state index contributed by atoms with van der Waals surface area (Å²) in [4.78, 5) is 34.1. The van der Waals surface area contributed by atoms with E-state index in [1.54, 1.807) is 0 Å². The van der Waals surface area contributed by atoms with Crippen LogP contribution in [0.1, 0.15) is 117 Å². The minimum Gasteiger partial charge on any atom is -0.258 e. The maximum atomic E-state index is 11.6. The average molecular weight is 492 g/mol. The number of hydrogen-bond donors (Lipinski definition) is 0. The molecule has 0 amide bonds. The van der Waals surface area contributed by atoms with E-state index in [1.807, 2.05) is 0 Å². The Hall–Kier alpha value is -2.58. The average Bonchev–Trinajstić information content (AvgIpc) is 2.86. The minimum absolute atomic E-state index is 0.106. The van der Waals surface area contributed by atoms with E-state index in [4.69, 9.17) is 0 Å². The maximum absolute atomic E-state index is 11.6. The fourth-order valence-corrected chi connectivity index (χ4v) is 4.25. The fourth-order valence-electron chi connectivity index (χ4n) is 4.25. The molecule has 9 nitrogen and oxygen atoms in total. The first-order valence-electron chi connectivity index (χ1n) is 13.6. The van der Waals surface area contributed by atoms with Crippen molar-refractivity contribution in [2.75, 3.05) is 23.1 Å². The van der Waals surface area contributed by atoms with E-state index in [2.05, 4.69) is 24.4 Å². The molecular formula is C26H45N5O4. The van der Waals surface area contributed by atoms with Crippen molar-refractivity contribution in [3.8, 4) is 0 Å². The fraction of sp³-hybridized carbons (Fsp3) is 0.769. The van der Waals surface area contributed by atoms with Crippen molar-refractivity contribution in [3.05, 3.63) is 38.1 Å². The maximum Gasteiger partial charge on any atom is 0.294 e. The van der Waals surface area contributed by atoms with Gasteiger partial charge < -0.3 is 0 Å². The van der Waals surface area contributed by atoms with Crippen LogP contribution in [0.25, 0.3) is 0 Å². The third kappa shape index (κ3) is 12.6. The lowest BCUT2D eigenvalue weighted by atomic mass is 10.1. The molecule has 0 saturated carbocycles. The van der Waals surface area contributed by atoms with Gasteiger partial charge in [0, 0.05) is 19.2 Å². The molecular weight excluding hydrogens is 446 g/mol. The summed E-state index contributed by atoms with van der Waals surface area (Å²) in [6.45, 7) is 5.12. The molecule has 1 aromatic carbocycles. The van der Waals surface area contributed by atoms with E-state index < -0.39 is 4.92 Å². The second-order valence-electron chi connectivity index (χ2n) is 9.29. The van der Waals surface area contributed by atoms with E-state index >= 15 is 0 Å². The number of nitrogens with zero attached hydrogens (tertiary/aromatic N) is 5. The van der Waals surface area contributed by atoms with Crippen LogP contribution in [0, 0.1) is 19.9 Å². The van der Waals surface area contributed by atoms with E-state index in [0.717, 1.165) is 50.0 Å². The molecule has 0 aliphatic heterocycles. The number of unbranched alkanes of at least 4 members (excludes halogenated alkanes) is 14. The Morgan fingerprint density at radius 1 is 0.686 bits per heavy atom. The summed E-state index contributed by atoms with van der Waals surface area (Å²) < 4.78 is 0. The van der Waals surface area contributed by atoms with Gasteiger partial charge >= 0.3 is 0 Å². The second kappa shape index (κ2) is 19.7. The Labute approximate surface area is 210 Å². The van der Waals surface area contributed by atoms with E-state index in [0.29, 0.717) is 18.8 Å². The molecule has 35 heavy (non-hydrogen) atoms. The van der Waals surface area contributed by atoms with Crippen LogP contribution in [0.4, 0.5) is 17.1 Å². The highest BCUT2D eigenvalue weighted by molar-refractivity contribution is 5.69. The van der Waals surface area contributed by atoms with Gasteiger partial charge in [0.1, 0.15) is 5.69 Å². The smallest absolute Gasteiger partial charge is 0.258 e. The Bertz CT molecular complexity index is 732. The summed E-state index contributed by atoms with van der Waals surface area (Å²) >= 11 is 0. The zero-order valence-corrected chi connectivity index (χ0v) is 21.8. The predicted octanol–water partition coefficient (Wildman–Crippen LogP) is 8.85. The Morgan fingerprint density at radius 2 is 1.11 bits per heavy atom. The van der Waals surface area contributed by atoms with Crippen molar-refractivity contribution < 1.29 is 4.92 Å². The van der Waals surface area contributed by atoms with Crippen LogP contribution < -0.4 is 10.0 Å². The molecule has 0 spiro atoms.